The molecule has 0 aromatic heterocycles. The quantitative estimate of drug-likeness (QED) is 0.625. The van der Waals surface area contributed by atoms with Crippen molar-refractivity contribution in [3.8, 4) is 11.5 Å². The summed E-state index contributed by atoms with van der Waals surface area (Å²) in [5.41, 5.74) is -0.184. The lowest BCUT2D eigenvalue weighted by Gasteiger charge is -2.20. The van der Waals surface area contributed by atoms with Crippen LogP contribution in [0.4, 0.5) is 0 Å². The maximum atomic E-state index is 9.00. The van der Waals surface area contributed by atoms with Crippen LogP contribution in [-0.4, -0.2) is 15.1 Å². The molecule has 2 nitrogen and oxygen atoms in total. The fraction of sp³-hybridized carbons (Fsp3) is 0.500. The SMILES string of the molecule is CC(C)(C)Oc1ccc(O)cc1.CCI. The predicted octanol–water partition coefficient (Wildman–Crippen LogP) is 4.01. The molecule has 3 heteroatoms. The fourth-order valence-corrected chi connectivity index (χ4v) is 0.868. The van der Waals surface area contributed by atoms with Gasteiger partial charge in [0, 0.05) is 0 Å². The van der Waals surface area contributed by atoms with E-state index in [-0.39, 0.29) is 11.4 Å². The molecule has 15 heavy (non-hydrogen) atoms. The van der Waals surface area contributed by atoms with E-state index in [0.717, 1.165) is 5.75 Å². The molecule has 0 saturated heterocycles. The zero-order valence-electron chi connectivity index (χ0n) is 9.75. The van der Waals surface area contributed by atoms with Gasteiger partial charge in [0.2, 0.25) is 0 Å². The minimum atomic E-state index is -0.184. The van der Waals surface area contributed by atoms with Crippen LogP contribution in [0, 0.1) is 0 Å². The highest BCUT2D eigenvalue weighted by molar-refractivity contribution is 14.1. The first-order valence-corrected chi connectivity index (χ1v) is 6.45. The molecule has 1 rings (SSSR count). The second-order valence-corrected chi connectivity index (χ2v) is 5.50. The predicted molar refractivity (Wildman–Crippen MR) is 73.0 cm³/mol. The molecule has 1 N–H and O–H groups in total. The maximum Gasteiger partial charge on any atom is 0.120 e. The average molecular weight is 322 g/mol. The Kier molecular flexibility index (Phi) is 6.72. The van der Waals surface area contributed by atoms with Crippen LogP contribution >= 0.6 is 22.6 Å². The zero-order valence-corrected chi connectivity index (χ0v) is 11.9. The lowest BCUT2D eigenvalue weighted by Crippen LogP contribution is -2.22. The van der Waals surface area contributed by atoms with Gasteiger partial charge in [-0.3, -0.25) is 0 Å². The highest BCUT2D eigenvalue weighted by Crippen LogP contribution is 2.20. The third-order valence-corrected chi connectivity index (χ3v) is 1.26. The molecule has 0 unspecified atom stereocenters. The van der Waals surface area contributed by atoms with Crippen LogP contribution in [0.2, 0.25) is 0 Å². The van der Waals surface area contributed by atoms with Gasteiger partial charge in [0.05, 0.1) is 0 Å². The molecule has 0 heterocycles. The second kappa shape index (κ2) is 6.93. The smallest absolute Gasteiger partial charge is 0.120 e. The fourth-order valence-electron chi connectivity index (χ4n) is 0.868. The average Bonchev–Trinajstić information content (AvgIpc) is 2.08. The Morgan fingerprint density at radius 3 is 1.93 bits per heavy atom. The Morgan fingerprint density at radius 2 is 1.60 bits per heavy atom. The summed E-state index contributed by atoms with van der Waals surface area (Å²) in [6, 6.07) is 6.73. The third kappa shape index (κ3) is 8.54. The monoisotopic (exact) mass is 322 g/mol. The van der Waals surface area contributed by atoms with E-state index < -0.39 is 0 Å². The van der Waals surface area contributed by atoms with Crippen LogP contribution in [0.15, 0.2) is 24.3 Å². The number of ether oxygens (including phenoxy) is 1. The van der Waals surface area contributed by atoms with E-state index in [4.69, 9.17) is 9.84 Å². The third-order valence-electron chi connectivity index (χ3n) is 1.26. The maximum absolute atomic E-state index is 9.00. The Hall–Kier alpha value is -0.450. The summed E-state index contributed by atoms with van der Waals surface area (Å²) in [6.07, 6.45) is 0. The van der Waals surface area contributed by atoms with E-state index in [0.29, 0.717) is 0 Å². The summed E-state index contributed by atoms with van der Waals surface area (Å²) in [5.74, 6) is 1.04. The normalized spacial score (nSPS) is 10.2. The van der Waals surface area contributed by atoms with E-state index in [1.54, 1.807) is 24.3 Å². The molecule has 0 atom stereocenters. The number of alkyl halides is 1. The van der Waals surface area contributed by atoms with Gasteiger partial charge in [0.1, 0.15) is 17.1 Å². The molecule has 0 fully saturated rings. The standard InChI is InChI=1S/C10H14O2.C2H5I/c1-10(2,3)12-9-6-4-8(11)5-7-9;1-2-3/h4-7,11H,1-3H3;2H2,1H3. The van der Waals surface area contributed by atoms with Crippen molar-refractivity contribution >= 4 is 22.6 Å². The first-order valence-electron chi connectivity index (χ1n) is 4.93. The van der Waals surface area contributed by atoms with Crippen LogP contribution in [0.1, 0.15) is 27.7 Å². The van der Waals surface area contributed by atoms with E-state index in [1.165, 1.54) is 4.43 Å². The van der Waals surface area contributed by atoms with Gasteiger partial charge in [-0.2, -0.15) is 0 Å². The van der Waals surface area contributed by atoms with Crippen molar-refractivity contribution in [3.05, 3.63) is 24.3 Å². The molecule has 1 aromatic rings. The van der Waals surface area contributed by atoms with E-state index in [2.05, 4.69) is 29.5 Å². The highest BCUT2D eigenvalue weighted by Gasteiger charge is 2.10. The number of phenols is 1. The van der Waals surface area contributed by atoms with Gasteiger partial charge < -0.3 is 9.84 Å². The number of halogens is 1. The van der Waals surface area contributed by atoms with Gasteiger partial charge in [-0.05, 0) is 49.5 Å². The topological polar surface area (TPSA) is 29.5 Å². The van der Waals surface area contributed by atoms with Crippen molar-refractivity contribution in [1.82, 2.24) is 0 Å². The van der Waals surface area contributed by atoms with Gasteiger partial charge in [0.15, 0.2) is 0 Å². The largest absolute Gasteiger partial charge is 0.508 e. The van der Waals surface area contributed by atoms with Gasteiger partial charge in [-0.1, -0.05) is 29.5 Å². The van der Waals surface area contributed by atoms with Crippen LogP contribution in [0.3, 0.4) is 0 Å². The Balaban J connectivity index is 0.000000583. The first kappa shape index (κ1) is 14.6. The molecule has 0 saturated carbocycles. The van der Waals surface area contributed by atoms with Crippen molar-refractivity contribution in [2.24, 2.45) is 0 Å². The summed E-state index contributed by atoms with van der Waals surface area (Å²) in [4.78, 5) is 0. The van der Waals surface area contributed by atoms with Crippen LogP contribution in [0.25, 0.3) is 0 Å². The number of hydrogen-bond donors (Lipinski definition) is 1. The Morgan fingerprint density at radius 1 is 1.20 bits per heavy atom. The van der Waals surface area contributed by atoms with E-state index in [1.807, 2.05) is 20.8 Å². The van der Waals surface area contributed by atoms with E-state index >= 15 is 0 Å². The summed E-state index contributed by atoms with van der Waals surface area (Å²) in [5, 5.41) is 9.00. The van der Waals surface area contributed by atoms with Gasteiger partial charge in [0.25, 0.3) is 0 Å². The lowest BCUT2D eigenvalue weighted by molar-refractivity contribution is 0.131. The molecule has 0 amide bonds. The number of aromatic hydroxyl groups is 1. The number of hydrogen-bond acceptors (Lipinski definition) is 2. The molecule has 86 valence electrons. The zero-order chi connectivity index (χ0) is 11.9. The molecule has 1 aromatic carbocycles. The molecule has 0 bridgehead atoms. The molecule has 0 radical (unpaired) electrons. The van der Waals surface area contributed by atoms with Gasteiger partial charge in [-0.15, -0.1) is 0 Å². The molecule has 0 spiro atoms. The van der Waals surface area contributed by atoms with Crippen LogP contribution in [0.5, 0.6) is 11.5 Å². The van der Waals surface area contributed by atoms with Crippen molar-refractivity contribution in [3.63, 3.8) is 0 Å². The number of rotatable bonds is 1. The summed E-state index contributed by atoms with van der Waals surface area (Å²) in [6.45, 7) is 8.07. The molecule has 0 aliphatic heterocycles. The molecular weight excluding hydrogens is 303 g/mol. The second-order valence-electron chi connectivity index (χ2n) is 3.98. The number of benzene rings is 1. The van der Waals surface area contributed by atoms with Crippen molar-refractivity contribution < 1.29 is 9.84 Å². The van der Waals surface area contributed by atoms with Crippen molar-refractivity contribution in [2.45, 2.75) is 33.3 Å². The lowest BCUT2D eigenvalue weighted by atomic mass is 10.2. The molecule has 0 aliphatic rings. The molecular formula is C12H19IO2. The molecule has 0 aliphatic carbocycles. The minimum absolute atomic E-state index is 0.184. The summed E-state index contributed by atoms with van der Waals surface area (Å²) in [7, 11) is 0. The van der Waals surface area contributed by atoms with Crippen molar-refractivity contribution in [1.29, 1.82) is 0 Å². The van der Waals surface area contributed by atoms with Gasteiger partial charge >= 0.3 is 0 Å². The minimum Gasteiger partial charge on any atom is -0.508 e. The van der Waals surface area contributed by atoms with Crippen LogP contribution in [-0.2, 0) is 0 Å². The van der Waals surface area contributed by atoms with Crippen LogP contribution < -0.4 is 4.74 Å². The highest BCUT2D eigenvalue weighted by atomic mass is 127. The van der Waals surface area contributed by atoms with Gasteiger partial charge in [-0.25, -0.2) is 0 Å². The Labute approximate surface area is 106 Å². The number of phenolic OH excluding ortho intramolecular Hbond substituents is 1. The Bertz CT molecular complexity index is 262. The van der Waals surface area contributed by atoms with Crippen molar-refractivity contribution in [2.75, 3.05) is 4.43 Å². The van der Waals surface area contributed by atoms with E-state index in [9.17, 15) is 0 Å². The summed E-state index contributed by atoms with van der Waals surface area (Å²) >= 11 is 2.29. The summed E-state index contributed by atoms with van der Waals surface area (Å²) < 4.78 is 6.77. The first-order chi connectivity index (χ1) is 6.89.